The van der Waals surface area contributed by atoms with Crippen LogP contribution in [0.1, 0.15) is 38.7 Å². The number of aliphatic hydroxyl groups excluding tert-OH is 1. The average molecular weight is 492 g/mol. The molecule has 1 saturated heterocycles. The third-order valence-corrected chi connectivity index (χ3v) is 6.16. The Morgan fingerprint density at radius 2 is 2.09 bits per heavy atom. The number of hydrogen-bond donors (Lipinski definition) is 3. The zero-order valence-corrected chi connectivity index (χ0v) is 19.8. The second-order valence-corrected chi connectivity index (χ2v) is 9.62. The van der Waals surface area contributed by atoms with E-state index in [-0.39, 0.29) is 48.5 Å². The van der Waals surface area contributed by atoms with Crippen LogP contribution in [-0.2, 0) is 6.54 Å². The van der Waals surface area contributed by atoms with Crippen molar-refractivity contribution in [3.05, 3.63) is 52.3 Å². The maximum Gasteiger partial charge on any atom is 0.346 e. The number of piperidine rings is 1. The van der Waals surface area contributed by atoms with Gasteiger partial charge in [0.05, 0.1) is 6.04 Å². The fourth-order valence-corrected chi connectivity index (χ4v) is 4.51. The van der Waals surface area contributed by atoms with Crippen molar-refractivity contribution in [3.63, 3.8) is 0 Å². The molecule has 1 aliphatic heterocycles. The van der Waals surface area contributed by atoms with Gasteiger partial charge in [0.2, 0.25) is 5.85 Å². The fourth-order valence-electron chi connectivity index (χ4n) is 4.51. The Morgan fingerprint density at radius 1 is 1.31 bits per heavy atom. The maximum atomic E-state index is 14.5. The lowest BCUT2D eigenvalue weighted by Gasteiger charge is -2.43. The Labute approximate surface area is 202 Å². The highest BCUT2D eigenvalue weighted by Crippen LogP contribution is 2.33. The average Bonchev–Trinajstić information content (AvgIpc) is 3.62. The summed E-state index contributed by atoms with van der Waals surface area (Å²) in [5.74, 6) is -1.96. The zero-order valence-electron chi connectivity index (χ0n) is 19.8. The number of ether oxygens (including phenoxy) is 1. The van der Waals surface area contributed by atoms with E-state index in [1.165, 1.54) is 32.2 Å². The third kappa shape index (κ3) is 6.47. The minimum atomic E-state index is -1.93. The van der Waals surface area contributed by atoms with E-state index in [4.69, 9.17) is 4.74 Å². The van der Waals surface area contributed by atoms with Gasteiger partial charge in [0, 0.05) is 69.9 Å². The lowest BCUT2D eigenvalue weighted by atomic mass is 9.93. The first-order chi connectivity index (χ1) is 16.6. The molecule has 1 saturated carbocycles. The molecule has 2 atom stereocenters. The molecule has 11 heteroatoms. The van der Waals surface area contributed by atoms with Crippen LogP contribution in [0, 0.1) is 11.7 Å². The molecule has 0 bridgehead atoms. The molecule has 2 aromatic rings. The first kappa shape index (κ1) is 24.9. The summed E-state index contributed by atoms with van der Waals surface area (Å²) in [7, 11) is 0. The minimum absolute atomic E-state index is 0.0370. The van der Waals surface area contributed by atoms with Gasteiger partial charge in [-0.05, 0) is 31.4 Å². The van der Waals surface area contributed by atoms with Crippen LogP contribution < -0.4 is 20.6 Å². The van der Waals surface area contributed by atoms with Gasteiger partial charge >= 0.3 is 11.7 Å². The van der Waals surface area contributed by atoms with Crippen LogP contribution in [0.15, 0.2) is 35.3 Å². The van der Waals surface area contributed by atoms with E-state index in [9.17, 15) is 23.5 Å². The van der Waals surface area contributed by atoms with Gasteiger partial charge in [-0.25, -0.2) is 19.0 Å². The molecule has 2 heterocycles. The number of aromatic amines is 1. The molecule has 35 heavy (non-hydrogen) atoms. The molecule has 1 aliphatic carbocycles. The molecular formula is C24H31F2N5O4. The summed E-state index contributed by atoms with van der Waals surface area (Å²) in [6.07, 6.45) is 3.79. The van der Waals surface area contributed by atoms with Crippen LogP contribution in [0.4, 0.5) is 19.4 Å². The van der Waals surface area contributed by atoms with E-state index >= 15 is 0 Å². The molecule has 1 aromatic carbocycles. The van der Waals surface area contributed by atoms with E-state index in [0.717, 1.165) is 18.9 Å². The van der Waals surface area contributed by atoms with E-state index in [1.54, 1.807) is 11.0 Å². The monoisotopic (exact) mass is 491 g/mol. The molecular weight excluding hydrogens is 460 g/mol. The molecule has 9 nitrogen and oxygen atoms in total. The van der Waals surface area contributed by atoms with Crippen LogP contribution in [-0.4, -0.2) is 63.6 Å². The predicted molar refractivity (Wildman–Crippen MR) is 125 cm³/mol. The van der Waals surface area contributed by atoms with Gasteiger partial charge in [0.1, 0.15) is 17.4 Å². The van der Waals surface area contributed by atoms with Gasteiger partial charge in [0.15, 0.2) is 0 Å². The Morgan fingerprint density at radius 3 is 2.71 bits per heavy atom. The smallest absolute Gasteiger partial charge is 0.346 e. The lowest BCUT2D eigenvalue weighted by molar-refractivity contribution is -0.0259. The predicted octanol–water partition coefficient (Wildman–Crippen LogP) is 2.55. The fraction of sp³-hybridized carbons (Fsp3) is 0.542. The topological polar surface area (TPSA) is 111 Å². The molecule has 1 aromatic heterocycles. The molecule has 0 spiro atoms. The highest BCUT2D eigenvalue weighted by molar-refractivity contribution is 5.75. The summed E-state index contributed by atoms with van der Waals surface area (Å²) in [5.41, 5.74) is -0.207. The summed E-state index contributed by atoms with van der Waals surface area (Å²) in [5, 5.41) is 12.7. The minimum Gasteiger partial charge on any atom is -0.458 e. The van der Waals surface area contributed by atoms with Crippen LogP contribution in [0.2, 0.25) is 0 Å². The van der Waals surface area contributed by atoms with Crippen molar-refractivity contribution in [2.75, 3.05) is 24.6 Å². The van der Waals surface area contributed by atoms with Gasteiger partial charge in [-0.3, -0.25) is 4.98 Å². The molecule has 0 radical (unpaired) electrons. The number of carbonyl (C=O) groups excluding carboxylic acids is 1. The SMILES string of the molecule is CC(C)(F)Oc1ccc(CNC(=O)N(C2CC2)[C@@H]2C[C@H](CO)CN(c3ccnc(=O)[nH]3)C2)c(F)c1. The maximum absolute atomic E-state index is 14.5. The van der Waals surface area contributed by atoms with Gasteiger partial charge < -0.3 is 25.0 Å². The number of amides is 2. The van der Waals surface area contributed by atoms with E-state index in [1.807, 2.05) is 4.90 Å². The molecule has 2 aliphatic rings. The van der Waals surface area contributed by atoms with Crippen LogP contribution in [0.3, 0.4) is 0 Å². The van der Waals surface area contributed by atoms with Crippen LogP contribution >= 0.6 is 0 Å². The van der Waals surface area contributed by atoms with Crippen molar-refractivity contribution >= 4 is 11.8 Å². The van der Waals surface area contributed by atoms with Crippen molar-refractivity contribution in [1.82, 2.24) is 20.2 Å². The number of halogens is 2. The molecule has 3 N–H and O–H groups in total. The first-order valence-corrected chi connectivity index (χ1v) is 11.8. The van der Waals surface area contributed by atoms with E-state index in [0.29, 0.717) is 25.3 Å². The van der Waals surface area contributed by atoms with Crippen molar-refractivity contribution in [3.8, 4) is 5.75 Å². The standard InChI is InChI=1S/C24H31F2N5O4/c1-24(2,26)35-19-6-3-16(20(25)10-19)11-28-23(34)31(17-4-5-17)18-9-15(14-32)12-30(13-18)21-7-8-27-22(33)29-21/h3,6-8,10,15,17-18,32H,4-5,9,11-14H2,1-2H3,(H,28,34)(H,27,29,33)/t15-,18+/m0/s1. The normalized spacial score (nSPS) is 20.4. The number of rotatable bonds is 8. The quantitative estimate of drug-likeness (QED) is 0.524. The molecule has 4 rings (SSSR count). The second-order valence-electron chi connectivity index (χ2n) is 9.62. The highest BCUT2D eigenvalue weighted by atomic mass is 19.2. The number of aliphatic hydroxyl groups is 1. The van der Waals surface area contributed by atoms with Crippen molar-refractivity contribution in [2.45, 2.75) is 57.6 Å². The number of urea groups is 1. The number of alkyl halides is 1. The van der Waals surface area contributed by atoms with Gasteiger partial charge in [-0.1, -0.05) is 6.07 Å². The number of nitrogens with one attached hydrogen (secondary N) is 2. The number of carbonyl (C=O) groups is 1. The third-order valence-electron chi connectivity index (χ3n) is 6.16. The summed E-state index contributed by atoms with van der Waals surface area (Å²) >= 11 is 0. The summed E-state index contributed by atoms with van der Waals surface area (Å²) in [6.45, 7) is 3.40. The first-order valence-electron chi connectivity index (χ1n) is 11.8. The molecule has 0 unspecified atom stereocenters. The van der Waals surface area contributed by atoms with Crippen molar-refractivity contribution in [2.24, 2.45) is 5.92 Å². The Balaban J connectivity index is 1.45. The Kier molecular flexibility index (Phi) is 7.25. The van der Waals surface area contributed by atoms with Gasteiger partial charge in [0.25, 0.3) is 0 Å². The highest BCUT2D eigenvalue weighted by Gasteiger charge is 2.41. The van der Waals surface area contributed by atoms with E-state index in [2.05, 4.69) is 15.3 Å². The number of hydrogen-bond acceptors (Lipinski definition) is 6. The second kappa shape index (κ2) is 10.2. The zero-order chi connectivity index (χ0) is 25.2. The number of anilines is 1. The lowest BCUT2D eigenvalue weighted by Crippen LogP contribution is -2.56. The largest absolute Gasteiger partial charge is 0.458 e. The molecule has 190 valence electrons. The van der Waals surface area contributed by atoms with Crippen LogP contribution in [0.25, 0.3) is 0 Å². The van der Waals surface area contributed by atoms with Crippen LogP contribution in [0.5, 0.6) is 5.75 Å². The number of nitrogens with zero attached hydrogens (tertiary/aromatic N) is 3. The molecule has 2 fully saturated rings. The summed E-state index contributed by atoms with van der Waals surface area (Å²) < 4.78 is 33.2. The molecule has 2 amide bonds. The summed E-state index contributed by atoms with van der Waals surface area (Å²) in [6, 6.07) is 5.28. The number of H-pyrrole nitrogens is 1. The Hall–Kier alpha value is -3.21. The van der Waals surface area contributed by atoms with Gasteiger partial charge in [-0.2, -0.15) is 4.39 Å². The van der Waals surface area contributed by atoms with Crippen molar-refractivity contribution in [1.29, 1.82) is 0 Å². The Bertz CT molecular complexity index is 1100. The van der Waals surface area contributed by atoms with Crippen molar-refractivity contribution < 1.29 is 23.4 Å². The number of benzene rings is 1. The van der Waals surface area contributed by atoms with Gasteiger partial charge in [-0.15, -0.1) is 0 Å². The summed E-state index contributed by atoms with van der Waals surface area (Å²) in [4.78, 5) is 35.0. The number of aromatic nitrogens is 2. The van der Waals surface area contributed by atoms with E-state index < -0.39 is 17.4 Å².